The van der Waals surface area contributed by atoms with Crippen molar-refractivity contribution < 1.29 is 0 Å². The lowest BCUT2D eigenvalue weighted by Gasteiger charge is -2.06. The van der Waals surface area contributed by atoms with Crippen molar-refractivity contribution in [3.05, 3.63) is 65.7 Å². The SMILES string of the molecule is Cc1ccccc1Sc1cc(C#N)c2ccccc2n1. The standard InChI is InChI=1S/C17H12N2S/c1-12-6-2-5-9-16(12)20-17-10-13(11-18)14-7-3-4-8-15(14)19-17/h2-10H,1H3. The van der Waals surface area contributed by atoms with Gasteiger partial charge < -0.3 is 0 Å². The molecule has 0 aliphatic rings. The van der Waals surface area contributed by atoms with Gasteiger partial charge in [-0.1, -0.05) is 48.2 Å². The molecule has 2 nitrogen and oxygen atoms in total. The second-order valence-electron chi connectivity index (χ2n) is 4.50. The maximum Gasteiger partial charge on any atom is 0.103 e. The molecule has 3 aromatic rings. The first kappa shape index (κ1) is 12.7. The van der Waals surface area contributed by atoms with Crippen LogP contribution in [0.2, 0.25) is 0 Å². The molecule has 0 saturated heterocycles. The van der Waals surface area contributed by atoms with Crippen LogP contribution < -0.4 is 0 Å². The third-order valence-corrected chi connectivity index (χ3v) is 4.22. The van der Waals surface area contributed by atoms with E-state index in [2.05, 4.69) is 30.1 Å². The van der Waals surface area contributed by atoms with E-state index in [-0.39, 0.29) is 0 Å². The molecule has 0 aliphatic heterocycles. The smallest absolute Gasteiger partial charge is 0.103 e. The Morgan fingerprint density at radius 3 is 2.60 bits per heavy atom. The topological polar surface area (TPSA) is 36.7 Å². The highest BCUT2D eigenvalue weighted by Crippen LogP contribution is 2.31. The third kappa shape index (κ3) is 2.38. The molecule has 0 amide bonds. The summed E-state index contributed by atoms with van der Waals surface area (Å²) in [4.78, 5) is 5.80. The van der Waals surface area contributed by atoms with Crippen LogP contribution in [0.25, 0.3) is 10.9 Å². The minimum absolute atomic E-state index is 0.673. The lowest BCUT2D eigenvalue weighted by atomic mass is 10.1. The van der Waals surface area contributed by atoms with E-state index >= 15 is 0 Å². The van der Waals surface area contributed by atoms with Crippen molar-refractivity contribution in [2.75, 3.05) is 0 Å². The number of para-hydroxylation sites is 1. The van der Waals surface area contributed by atoms with Gasteiger partial charge in [0.05, 0.1) is 17.1 Å². The zero-order valence-corrected chi connectivity index (χ0v) is 11.8. The van der Waals surface area contributed by atoms with E-state index in [1.54, 1.807) is 11.8 Å². The fourth-order valence-electron chi connectivity index (χ4n) is 2.08. The van der Waals surface area contributed by atoms with E-state index in [0.717, 1.165) is 15.9 Å². The van der Waals surface area contributed by atoms with E-state index in [1.807, 2.05) is 42.5 Å². The Kier molecular flexibility index (Phi) is 3.41. The predicted molar refractivity (Wildman–Crippen MR) is 81.8 cm³/mol. The van der Waals surface area contributed by atoms with Crippen LogP contribution in [-0.4, -0.2) is 4.98 Å². The molecule has 0 fully saturated rings. The number of fused-ring (bicyclic) bond motifs is 1. The molecular weight excluding hydrogens is 264 g/mol. The fourth-order valence-corrected chi connectivity index (χ4v) is 3.00. The van der Waals surface area contributed by atoms with Crippen LogP contribution in [0.1, 0.15) is 11.1 Å². The van der Waals surface area contributed by atoms with Crippen LogP contribution in [0.4, 0.5) is 0 Å². The third-order valence-electron chi connectivity index (χ3n) is 3.12. The Morgan fingerprint density at radius 1 is 1.05 bits per heavy atom. The molecule has 0 unspecified atom stereocenters. The monoisotopic (exact) mass is 276 g/mol. The number of hydrogen-bond acceptors (Lipinski definition) is 3. The summed E-state index contributed by atoms with van der Waals surface area (Å²) in [5, 5.41) is 11.1. The number of nitrogens with zero attached hydrogens (tertiary/aromatic N) is 2. The van der Waals surface area contributed by atoms with Crippen molar-refractivity contribution >= 4 is 22.7 Å². The van der Waals surface area contributed by atoms with Gasteiger partial charge in [-0.05, 0) is 30.7 Å². The minimum Gasteiger partial charge on any atom is -0.241 e. The van der Waals surface area contributed by atoms with Crippen molar-refractivity contribution in [2.24, 2.45) is 0 Å². The molecule has 96 valence electrons. The number of hydrogen-bond donors (Lipinski definition) is 0. The highest BCUT2D eigenvalue weighted by molar-refractivity contribution is 7.99. The molecule has 2 aromatic carbocycles. The van der Waals surface area contributed by atoms with Crippen LogP contribution in [0, 0.1) is 18.3 Å². The van der Waals surface area contributed by atoms with Crippen molar-refractivity contribution in [2.45, 2.75) is 16.8 Å². The van der Waals surface area contributed by atoms with Gasteiger partial charge in [0.25, 0.3) is 0 Å². The van der Waals surface area contributed by atoms with Crippen molar-refractivity contribution in [1.29, 1.82) is 5.26 Å². The highest BCUT2D eigenvalue weighted by atomic mass is 32.2. The van der Waals surface area contributed by atoms with E-state index in [9.17, 15) is 5.26 Å². The second-order valence-corrected chi connectivity index (χ2v) is 5.57. The van der Waals surface area contributed by atoms with Gasteiger partial charge in [0, 0.05) is 10.3 Å². The summed E-state index contributed by atoms with van der Waals surface area (Å²) in [6, 6.07) is 20.1. The Morgan fingerprint density at radius 2 is 1.80 bits per heavy atom. The molecule has 0 N–H and O–H groups in total. The Bertz CT molecular complexity index is 819. The quantitative estimate of drug-likeness (QED) is 0.688. The summed E-state index contributed by atoms with van der Waals surface area (Å²) in [6.45, 7) is 2.08. The zero-order valence-electron chi connectivity index (χ0n) is 11.0. The molecule has 0 bridgehead atoms. The summed E-state index contributed by atoms with van der Waals surface area (Å²) >= 11 is 1.60. The Labute approximate surface area is 122 Å². The van der Waals surface area contributed by atoms with Crippen LogP contribution in [0.15, 0.2) is 64.5 Å². The number of aryl methyl sites for hydroxylation is 1. The highest BCUT2D eigenvalue weighted by Gasteiger charge is 2.07. The summed E-state index contributed by atoms with van der Waals surface area (Å²) in [5.74, 6) is 0. The molecular formula is C17H12N2S. The first-order valence-corrected chi connectivity index (χ1v) is 7.13. The zero-order chi connectivity index (χ0) is 13.9. The average Bonchev–Trinajstić information content (AvgIpc) is 2.49. The van der Waals surface area contributed by atoms with Crippen LogP contribution in [-0.2, 0) is 0 Å². The maximum absolute atomic E-state index is 9.29. The molecule has 0 radical (unpaired) electrons. The van der Waals surface area contributed by atoms with Crippen molar-refractivity contribution in [3.63, 3.8) is 0 Å². The second kappa shape index (κ2) is 5.36. The molecule has 0 aliphatic carbocycles. The summed E-state index contributed by atoms with van der Waals surface area (Å²) in [6.07, 6.45) is 0. The van der Waals surface area contributed by atoms with Crippen molar-refractivity contribution in [3.8, 4) is 6.07 Å². The number of rotatable bonds is 2. The fraction of sp³-hybridized carbons (Fsp3) is 0.0588. The summed E-state index contributed by atoms with van der Waals surface area (Å²) in [5.41, 5.74) is 2.75. The average molecular weight is 276 g/mol. The number of aromatic nitrogens is 1. The maximum atomic E-state index is 9.29. The number of benzene rings is 2. The van der Waals surface area contributed by atoms with Gasteiger partial charge in [0.15, 0.2) is 0 Å². The molecule has 1 aromatic heterocycles. The Balaban J connectivity index is 2.09. The van der Waals surface area contributed by atoms with Gasteiger partial charge in [-0.3, -0.25) is 0 Å². The molecule has 0 spiro atoms. The predicted octanol–water partition coefficient (Wildman–Crippen LogP) is 4.57. The van der Waals surface area contributed by atoms with Gasteiger partial charge >= 0.3 is 0 Å². The van der Waals surface area contributed by atoms with E-state index in [1.165, 1.54) is 10.5 Å². The van der Waals surface area contributed by atoms with Crippen LogP contribution in [0.3, 0.4) is 0 Å². The first-order valence-electron chi connectivity index (χ1n) is 6.31. The lowest BCUT2D eigenvalue weighted by molar-refractivity contribution is 1.17. The van der Waals surface area contributed by atoms with Gasteiger partial charge in [0.1, 0.15) is 5.03 Å². The molecule has 0 saturated carbocycles. The Hall–Kier alpha value is -2.31. The largest absolute Gasteiger partial charge is 0.241 e. The molecule has 20 heavy (non-hydrogen) atoms. The molecule has 3 rings (SSSR count). The van der Waals surface area contributed by atoms with E-state index in [4.69, 9.17) is 0 Å². The number of nitriles is 1. The van der Waals surface area contributed by atoms with Crippen LogP contribution >= 0.6 is 11.8 Å². The van der Waals surface area contributed by atoms with Crippen LogP contribution in [0.5, 0.6) is 0 Å². The molecule has 1 heterocycles. The summed E-state index contributed by atoms with van der Waals surface area (Å²) in [7, 11) is 0. The van der Waals surface area contributed by atoms with Gasteiger partial charge in [-0.2, -0.15) is 5.26 Å². The van der Waals surface area contributed by atoms with Crippen molar-refractivity contribution in [1.82, 2.24) is 4.98 Å². The first-order chi connectivity index (χ1) is 9.78. The van der Waals surface area contributed by atoms with Gasteiger partial charge in [-0.15, -0.1) is 0 Å². The van der Waals surface area contributed by atoms with E-state index in [0.29, 0.717) is 5.56 Å². The van der Waals surface area contributed by atoms with Gasteiger partial charge in [0.2, 0.25) is 0 Å². The van der Waals surface area contributed by atoms with Gasteiger partial charge in [-0.25, -0.2) is 4.98 Å². The molecule has 3 heteroatoms. The minimum atomic E-state index is 0.673. The lowest BCUT2D eigenvalue weighted by Crippen LogP contribution is -1.88. The molecule has 0 atom stereocenters. The summed E-state index contributed by atoms with van der Waals surface area (Å²) < 4.78 is 0. The number of pyridine rings is 1. The normalized spacial score (nSPS) is 10.4. The van der Waals surface area contributed by atoms with E-state index < -0.39 is 0 Å².